The van der Waals surface area contributed by atoms with Crippen molar-refractivity contribution in [1.29, 1.82) is 0 Å². The number of benzene rings is 2. The number of hydrogen-bond acceptors (Lipinski definition) is 4. The van der Waals surface area contributed by atoms with E-state index < -0.39 is 44.4 Å². The smallest absolute Gasteiger partial charge is 0.241 e. The monoisotopic (exact) mass is 361 g/mol. The molecule has 0 saturated carbocycles. The Morgan fingerprint density at radius 3 is 2.25 bits per heavy atom. The fraction of sp³-hybridized carbons (Fsp3) is 0.200. The third kappa shape index (κ3) is 3.46. The molecule has 0 aliphatic carbocycles. The van der Waals surface area contributed by atoms with Crippen molar-refractivity contribution in [2.24, 2.45) is 5.14 Å². The van der Waals surface area contributed by atoms with Gasteiger partial charge in [-0.2, -0.15) is 0 Å². The molecule has 2 aromatic rings. The fourth-order valence-electron chi connectivity index (χ4n) is 2.18. The van der Waals surface area contributed by atoms with Crippen LogP contribution in [0.2, 0.25) is 0 Å². The summed E-state index contributed by atoms with van der Waals surface area (Å²) in [7, 11) is -1.78. The van der Waals surface area contributed by atoms with Crippen LogP contribution in [0.3, 0.4) is 0 Å². The minimum absolute atomic E-state index is 0.217. The Morgan fingerprint density at radius 1 is 1.04 bits per heavy atom. The number of methoxy groups -OCH3 is 2. The summed E-state index contributed by atoms with van der Waals surface area (Å²) in [4.78, 5) is -1.11. The predicted octanol–water partition coefficient (Wildman–Crippen LogP) is 2.36. The Balaban J connectivity index is 2.60. The van der Waals surface area contributed by atoms with Crippen LogP contribution in [0.15, 0.2) is 29.2 Å². The van der Waals surface area contributed by atoms with Gasteiger partial charge in [-0.3, -0.25) is 0 Å². The standard InChI is InChI=1S/C15H14F3NO4S/c1-22-9-4-3-8(12(6-9)23-2)5-10-14(17)11(16)7-13(15(10)18)24(19,20)21/h3-4,6-7H,5H2,1-2H3,(H2,19,20,21). The first-order valence-corrected chi connectivity index (χ1v) is 8.13. The van der Waals surface area contributed by atoms with Crippen molar-refractivity contribution in [1.82, 2.24) is 0 Å². The van der Waals surface area contributed by atoms with Gasteiger partial charge >= 0.3 is 0 Å². The van der Waals surface area contributed by atoms with E-state index in [1.165, 1.54) is 32.4 Å². The highest BCUT2D eigenvalue weighted by Crippen LogP contribution is 2.30. The van der Waals surface area contributed by atoms with Gasteiger partial charge < -0.3 is 9.47 Å². The molecule has 2 rings (SSSR count). The number of rotatable bonds is 5. The summed E-state index contributed by atoms with van der Waals surface area (Å²) < 4.78 is 74.8. The van der Waals surface area contributed by atoms with Gasteiger partial charge in [0.05, 0.1) is 14.2 Å². The molecular formula is C15H14F3NO4S. The first kappa shape index (κ1) is 18.1. The average Bonchev–Trinajstić information content (AvgIpc) is 2.53. The lowest BCUT2D eigenvalue weighted by atomic mass is 10.0. The molecule has 0 aliphatic rings. The van der Waals surface area contributed by atoms with Gasteiger partial charge in [0.1, 0.15) is 22.2 Å². The second kappa shape index (κ2) is 6.70. The molecule has 0 aromatic heterocycles. The van der Waals surface area contributed by atoms with Crippen molar-refractivity contribution >= 4 is 10.0 Å². The maximum absolute atomic E-state index is 14.3. The first-order valence-electron chi connectivity index (χ1n) is 6.59. The lowest BCUT2D eigenvalue weighted by Crippen LogP contribution is -2.17. The SMILES string of the molecule is COc1ccc(Cc2c(F)c(F)cc(S(N)(=O)=O)c2F)c(OC)c1. The van der Waals surface area contributed by atoms with Gasteiger partial charge in [-0.1, -0.05) is 6.07 Å². The molecule has 0 spiro atoms. The van der Waals surface area contributed by atoms with Crippen molar-refractivity contribution in [3.05, 3.63) is 52.8 Å². The molecule has 0 saturated heterocycles. The quantitative estimate of drug-likeness (QED) is 0.830. The molecule has 9 heteroatoms. The highest BCUT2D eigenvalue weighted by molar-refractivity contribution is 7.89. The van der Waals surface area contributed by atoms with E-state index in [0.717, 1.165) is 0 Å². The van der Waals surface area contributed by atoms with Gasteiger partial charge in [0.2, 0.25) is 10.0 Å². The van der Waals surface area contributed by atoms with Crippen molar-refractivity contribution in [2.75, 3.05) is 14.2 Å². The molecule has 0 atom stereocenters. The van der Waals surface area contributed by atoms with Crippen LogP contribution < -0.4 is 14.6 Å². The van der Waals surface area contributed by atoms with Gasteiger partial charge in [-0.25, -0.2) is 26.7 Å². The lowest BCUT2D eigenvalue weighted by molar-refractivity contribution is 0.391. The van der Waals surface area contributed by atoms with E-state index in [-0.39, 0.29) is 11.8 Å². The highest BCUT2D eigenvalue weighted by atomic mass is 32.2. The van der Waals surface area contributed by atoms with Crippen LogP contribution >= 0.6 is 0 Å². The zero-order valence-electron chi connectivity index (χ0n) is 12.8. The Kier molecular flexibility index (Phi) is 5.05. The van der Waals surface area contributed by atoms with Crippen molar-refractivity contribution in [3.63, 3.8) is 0 Å². The van der Waals surface area contributed by atoms with E-state index in [9.17, 15) is 21.6 Å². The van der Waals surface area contributed by atoms with Crippen LogP contribution in [0.25, 0.3) is 0 Å². The van der Waals surface area contributed by atoms with Gasteiger partial charge in [-0.15, -0.1) is 0 Å². The van der Waals surface area contributed by atoms with Crippen LogP contribution in [0.5, 0.6) is 11.5 Å². The molecule has 0 heterocycles. The Bertz CT molecular complexity index is 885. The number of nitrogens with two attached hydrogens (primary N) is 1. The number of sulfonamides is 1. The zero-order valence-corrected chi connectivity index (χ0v) is 13.6. The van der Waals surface area contributed by atoms with Crippen LogP contribution in [0, 0.1) is 17.5 Å². The van der Waals surface area contributed by atoms with Gasteiger partial charge in [-0.05, 0) is 17.7 Å². The normalized spacial score (nSPS) is 11.4. The molecule has 0 bridgehead atoms. The second-order valence-corrected chi connectivity index (χ2v) is 6.39. The summed E-state index contributed by atoms with van der Waals surface area (Å²) in [6, 6.07) is 4.69. The molecular weight excluding hydrogens is 347 g/mol. The van der Waals surface area contributed by atoms with Crippen LogP contribution in [-0.2, 0) is 16.4 Å². The second-order valence-electron chi connectivity index (χ2n) is 4.86. The predicted molar refractivity (Wildman–Crippen MR) is 80.0 cm³/mol. The molecule has 0 aliphatic heterocycles. The van der Waals surface area contributed by atoms with Crippen molar-refractivity contribution in [3.8, 4) is 11.5 Å². The van der Waals surface area contributed by atoms with Gasteiger partial charge in [0.25, 0.3) is 0 Å². The van der Waals surface area contributed by atoms with E-state index in [0.29, 0.717) is 11.3 Å². The molecule has 24 heavy (non-hydrogen) atoms. The number of hydrogen-bond donors (Lipinski definition) is 1. The van der Waals surface area contributed by atoms with Crippen molar-refractivity contribution < 1.29 is 31.1 Å². The van der Waals surface area contributed by atoms with Crippen molar-refractivity contribution in [2.45, 2.75) is 11.3 Å². The molecule has 0 fully saturated rings. The first-order chi connectivity index (χ1) is 11.2. The largest absolute Gasteiger partial charge is 0.497 e. The van der Waals surface area contributed by atoms with E-state index in [1.54, 1.807) is 0 Å². The molecule has 0 radical (unpaired) electrons. The van der Waals surface area contributed by atoms with E-state index in [1.807, 2.05) is 0 Å². The summed E-state index contributed by atoms with van der Waals surface area (Å²) in [6.45, 7) is 0. The maximum Gasteiger partial charge on any atom is 0.241 e. The summed E-state index contributed by atoms with van der Waals surface area (Å²) >= 11 is 0. The Hall–Kier alpha value is -2.26. The summed E-state index contributed by atoms with van der Waals surface area (Å²) in [5.41, 5.74) is -0.454. The average molecular weight is 361 g/mol. The minimum Gasteiger partial charge on any atom is -0.497 e. The lowest BCUT2D eigenvalue weighted by Gasteiger charge is -2.13. The topological polar surface area (TPSA) is 78.6 Å². The molecule has 0 amide bonds. The van der Waals surface area contributed by atoms with Crippen LogP contribution in [0.4, 0.5) is 13.2 Å². The number of ether oxygens (including phenoxy) is 2. The van der Waals surface area contributed by atoms with E-state index in [4.69, 9.17) is 14.6 Å². The summed E-state index contributed by atoms with van der Waals surface area (Å²) in [5.74, 6) is -3.74. The molecule has 2 N–H and O–H groups in total. The van der Waals surface area contributed by atoms with Gasteiger partial charge in [0, 0.05) is 18.1 Å². The Labute approximate surface area is 136 Å². The van der Waals surface area contributed by atoms with Gasteiger partial charge in [0.15, 0.2) is 11.6 Å². The Morgan fingerprint density at radius 2 is 1.71 bits per heavy atom. The maximum atomic E-state index is 14.3. The van der Waals surface area contributed by atoms with E-state index >= 15 is 0 Å². The summed E-state index contributed by atoms with van der Waals surface area (Å²) in [5, 5.41) is 4.83. The molecule has 2 aromatic carbocycles. The summed E-state index contributed by atoms with van der Waals surface area (Å²) in [6.07, 6.45) is -0.439. The minimum atomic E-state index is -4.55. The van der Waals surface area contributed by atoms with Crippen LogP contribution in [0.1, 0.15) is 11.1 Å². The fourth-order valence-corrected chi connectivity index (χ4v) is 2.82. The molecule has 5 nitrogen and oxygen atoms in total. The number of halogens is 3. The molecule has 130 valence electrons. The van der Waals surface area contributed by atoms with E-state index in [2.05, 4.69) is 0 Å². The third-order valence-electron chi connectivity index (χ3n) is 3.38. The zero-order chi connectivity index (χ0) is 18.1. The third-order valence-corrected chi connectivity index (χ3v) is 4.29. The molecule has 0 unspecified atom stereocenters. The highest BCUT2D eigenvalue weighted by Gasteiger charge is 2.25. The van der Waals surface area contributed by atoms with Crippen LogP contribution in [-0.4, -0.2) is 22.6 Å². The number of primary sulfonamides is 1.